The van der Waals surface area contributed by atoms with Gasteiger partial charge in [0.05, 0.1) is 6.20 Å². The minimum Gasteiger partial charge on any atom is -0.508 e. The topological polar surface area (TPSA) is 65.7 Å². The SMILES string of the molecule is CCNC(=NCCCc1ccc(O)cc1)N(C)Cc1cnn(C)c1.I. The number of aliphatic imine (C=N–C) groups is 1. The number of nitrogens with zero attached hydrogens (tertiary/aromatic N) is 4. The number of aromatic hydroxyl groups is 1. The van der Waals surface area contributed by atoms with Crippen molar-refractivity contribution in [2.24, 2.45) is 12.0 Å². The molecule has 0 fully saturated rings. The van der Waals surface area contributed by atoms with Crippen LogP contribution in [0.5, 0.6) is 5.75 Å². The lowest BCUT2D eigenvalue weighted by atomic mass is 10.1. The number of phenolic OH excluding ortho intramolecular Hbond substituents is 1. The van der Waals surface area contributed by atoms with Crippen molar-refractivity contribution in [3.05, 3.63) is 47.8 Å². The van der Waals surface area contributed by atoms with E-state index in [1.54, 1.807) is 12.1 Å². The van der Waals surface area contributed by atoms with E-state index in [9.17, 15) is 5.11 Å². The quantitative estimate of drug-likeness (QED) is 0.291. The summed E-state index contributed by atoms with van der Waals surface area (Å²) >= 11 is 0. The van der Waals surface area contributed by atoms with Gasteiger partial charge in [-0.15, -0.1) is 24.0 Å². The Bertz CT molecular complexity index is 654. The Labute approximate surface area is 167 Å². The van der Waals surface area contributed by atoms with Gasteiger partial charge in [-0.1, -0.05) is 12.1 Å². The molecule has 0 bridgehead atoms. The maximum absolute atomic E-state index is 9.30. The van der Waals surface area contributed by atoms with Crippen molar-refractivity contribution in [1.29, 1.82) is 0 Å². The van der Waals surface area contributed by atoms with E-state index in [-0.39, 0.29) is 24.0 Å². The minimum absolute atomic E-state index is 0. The molecule has 0 amide bonds. The molecule has 0 aliphatic carbocycles. The van der Waals surface area contributed by atoms with E-state index in [1.165, 1.54) is 5.56 Å². The standard InChI is InChI=1S/C18H27N5O.HI/c1-4-19-18(22(2)13-16-12-21-23(3)14-16)20-11-5-6-15-7-9-17(24)10-8-15;/h7-10,12,14,24H,4-6,11,13H2,1-3H3,(H,19,20);1H. The number of nitrogens with one attached hydrogen (secondary N) is 1. The van der Waals surface area contributed by atoms with Gasteiger partial charge in [-0.3, -0.25) is 9.67 Å². The molecule has 0 aliphatic heterocycles. The lowest BCUT2D eigenvalue weighted by Crippen LogP contribution is -2.38. The molecule has 1 aromatic heterocycles. The van der Waals surface area contributed by atoms with E-state index in [0.29, 0.717) is 5.75 Å². The van der Waals surface area contributed by atoms with Crippen molar-refractivity contribution in [1.82, 2.24) is 20.0 Å². The maximum atomic E-state index is 9.30. The third kappa shape index (κ3) is 7.33. The fraction of sp³-hybridized carbons (Fsp3) is 0.444. The first-order valence-electron chi connectivity index (χ1n) is 8.33. The van der Waals surface area contributed by atoms with Gasteiger partial charge in [-0.2, -0.15) is 5.10 Å². The molecule has 0 saturated carbocycles. The van der Waals surface area contributed by atoms with Crippen molar-refractivity contribution in [2.75, 3.05) is 20.1 Å². The molecule has 0 saturated heterocycles. The molecular weight excluding hydrogens is 429 g/mol. The van der Waals surface area contributed by atoms with E-state index in [1.807, 2.05) is 43.3 Å². The highest BCUT2D eigenvalue weighted by Gasteiger charge is 2.07. The van der Waals surface area contributed by atoms with Gasteiger partial charge < -0.3 is 15.3 Å². The summed E-state index contributed by atoms with van der Waals surface area (Å²) in [6.07, 6.45) is 5.83. The highest BCUT2D eigenvalue weighted by Crippen LogP contribution is 2.11. The molecule has 6 nitrogen and oxygen atoms in total. The van der Waals surface area contributed by atoms with Crippen molar-refractivity contribution < 1.29 is 5.11 Å². The monoisotopic (exact) mass is 457 g/mol. The lowest BCUT2D eigenvalue weighted by Gasteiger charge is -2.21. The summed E-state index contributed by atoms with van der Waals surface area (Å²) in [6.45, 7) is 4.45. The number of halogens is 1. The molecule has 1 aromatic carbocycles. The molecule has 2 rings (SSSR count). The average Bonchev–Trinajstić information content (AvgIpc) is 2.97. The molecule has 0 unspecified atom stereocenters. The van der Waals surface area contributed by atoms with E-state index < -0.39 is 0 Å². The van der Waals surface area contributed by atoms with Gasteiger partial charge in [0.25, 0.3) is 0 Å². The highest BCUT2D eigenvalue weighted by atomic mass is 127. The number of rotatable bonds is 7. The Kier molecular flexibility index (Phi) is 9.33. The fourth-order valence-electron chi connectivity index (χ4n) is 2.50. The largest absolute Gasteiger partial charge is 0.508 e. The zero-order valence-corrected chi connectivity index (χ0v) is 17.5. The van der Waals surface area contributed by atoms with Gasteiger partial charge in [0.15, 0.2) is 5.96 Å². The van der Waals surface area contributed by atoms with Crippen molar-refractivity contribution in [3.63, 3.8) is 0 Å². The average molecular weight is 457 g/mol. The molecular formula is C18H28IN5O. The molecule has 2 aromatic rings. The van der Waals surface area contributed by atoms with Gasteiger partial charge in [0.2, 0.25) is 0 Å². The van der Waals surface area contributed by atoms with Crippen LogP contribution in [-0.4, -0.2) is 45.9 Å². The zero-order valence-electron chi connectivity index (χ0n) is 15.1. The van der Waals surface area contributed by atoms with Crippen LogP contribution in [0.4, 0.5) is 0 Å². The molecule has 0 radical (unpaired) electrons. The summed E-state index contributed by atoms with van der Waals surface area (Å²) in [5.41, 5.74) is 2.38. The predicted molar refractivity (Wildman–Crippen MR) is 112 cm³/mol. The number of hydrogen-bond acceptors (Lipinski definition) is 3. The predicted octanol–water partition coefficient (Wildman–Crippen LogP) is 2.77. The fourth-order valence-corrected chi connectivity index (χ4v) is 2.50. The molecule has 0 aliphatic rings. The molecule has 138 valence electrons. The zero-order chi connectivity index (χ0) is 17.4. The van der Waals surface area contributed by atoms with Crippen LogP contribution >= 0.6 is 24.0 Å². The van der Waals surface area contributed by atoms with Crippen LogP contribution in [0.3, 0.4) is 0 Å². The van der Waals surface area contributed by atoms with Crippen molar-refractivity contribution >= 4 is 29.9 Å². The molecule has 7 heteroatoms. The second-order valence-electron chi connectivity index (χ2n) is 5.88. The summed E-state index contributed by atoms with van der Waals surface area (Å²) in [6, 6.07) is 7.37. The highest BCUT2D eigenvalue weighted by molar-refractivity contribution is 14.0. The number of aryl methyl sites for hydroxylation is 2. The third-order valence-electron chi connectivity index (χ3n) is 3.70. The second-order valence-corrected chi connectivity index (χ2v) is 5.88. The Morgan fingerprint density at radius 1 is 1.28 bits per heavy atom. The van der Waals surface area contributed by atoms with E-state index in [4.69, 9.17) is 4.99 Å². The maximum Gasteiger partial charge on any atom is 0.193 e. The first-order chi connectivity index (χ1) is 11.6. The summed E-state index contributed by atoms with van der Waals surface area (Å²) in [5, 5.41) is 16.8. The van der Waals surface area contributed by atoms with Gasteiger partial charge in [0, 0.05) is 45.5 Å². The summed E-state index contributed by atoms with van der Waals surface area (Å²) in [4.78, 5) is 6.82. The third-order valence-corrected chi connectivity index (χ3v) is 3.70. The van der Waals surface area contributed by atoms with Crippen LogP contribution in [0, 0.1) is 0 Å². The minimum atomic E-state index is 0. The Hall–Kier alpha value is -1.77. The van der Waals surface area contributed by atoms with Crippen LogP contribution in [0.1, 0.15) is 24.5 Å². The van der Waals surface area contributed by atoms with Crippen LogP contribution in [0.2, 0.25) is 0 Å². The van der Waals surface area contributed by atoms with Gasteiger partial charge >= 0.3 is 0 Å². The Balaban J connectivity index is 0.00000312. The summed E-state index contributed by atoms with van der Waals surface area (Å²) < 4.78 is 1.81. The normalized spacial score (nSPS) is 11.1. The van der Waals surface area contributed by atoms with Crippen LogP contribution in [0.15, 0.2) is 41.7 Å². The number of guanidine groups is 1. The second kappa shape index (κ2) is 11.0. The van der Waals surface area contributed by atoms with Crippen molar-refractivity contribution in [3.8, 4) is 5.75 Å². The molecule has 0 spiro atoms. The Morgan fingerprint density at radius 3 is 2.60 bits per heavy atom. The first-order valence-corrected chi connectivity index (χ1v) is 8.33. The molecule has 1 heterocycles. The van der Waals surface area contributed by atoms with E-state index in [2.05, 4.69) is 22.2 Å². The summed E-state index contributed by atoms with van der Waals surface area (Å²) in [7, 11) is 3.96. The Morgan fingerprint density at radius 2 is 2.00 bits per heavy atom. The smallest absolute Gasteiger partial charge is 0.193 e. The van der Waals surface area contributed by atoms with Crippen molar-refractivity contribution in [2.45, 2.75) is 26.3 Å². The molecule has 25 heavy (non-hydrogen) atoms. The number of benzene rings is 1. The number of aromatic nitrogens is 2. The van der Waals surface area contributed by atoms with Gasteiger partial charge in [-0.05, 0) is 37.5 Å². The molecule has 0 atom stereocenters. The summed E-state index contributed by atoms with van der Waals surface area (Å²) in [5.74, 6) is 1.22. The lowest BCUT2D eigenvalue weighted by molar-refractivity contribution is 0.475. The first kappa shape index (κ1) is 21.3. The van der Waals surface area contributed by atoms with Gasteiger partial charge in [0.1, 0.15) is 5.75 Å². The van der Waals surface area contributed by atoms with Crippen LogP contribution < -0.4 is 5.32 Å². The number of phenols is 1. The van der Waals surface area contributed by atoms with E-state index in [0.717, 1.165) is 44.0 Å². The van der Waals surface area contributed by atoms with E-state index >= 15 is 0 Å². The van der Waals surface area contributed by atoms with Gasteiger partial charge in [-0.25, -0.2) is 0 Å². The number of hydrogen-bond donors (Lipinski definition) is 2. The molecule has 2 N–H and O–H groups in total. The van der Waals surface area contributed by atoms with Crippen LogP contribution in [0.25, 0.3) is 0 Å². The van der Waals surface area contributed by atoms with Crippen LogP contribution in [-0.2, 0) is 20.0 Å².